The summed E-state index contributed by atoms with van der Waals surface area (Å²) in [6.45, 7) is 11.1. The first-order valence-electron chi connectivity index (χ1n) is 8.79. The highest BCUT2D eigenvalue weighted by Crippen LogP contribution is 2.37. The summed E-state index contributed by atoms with van der Waals surface area (Å²) in [6.07, 6.45) is 11.3. The van der Waals surface area contributed by atoms with E-state index in [1.54, 1.807) is 0 Å². The molecule has 1 atom stereocenters. The number of hydrogen-bond acceptors (Lipinski definition) is 1. The van der Waals surface area contributed by atoms with Crippen molar-refractivity contribution in [3.8, 4) is 0 Å². The largest absolute Gasteiger partial charge is 0.386 e. The van der Waals surface area contributed by atoms with Crippen molar-refractivity contribution in [1.82, 2.24) is 10.3 Å². The summed E-state index contributed by atoms with van der Waals surface area (Å²) in [5.74, 6) is 0.810. The summed E-state index contributed by atoms with van der Waals surface area (Å²) < 4.78 is 0. The van der Waals surface area contributed by atoms with Crippen LogP contribution in [0.3, 0.4) is 0 Å². The summed E-state index contributed by atoms with van der Waals surface area (Å²) in [5.41, 5.74) is 5.31. The molecule has 0 fully saturated rings. The van der Waals surface area contributed by atoms with Crippen LogP contribution < -0.4 is 5.32 Å². The van der Waals surface area contributed by atoms with Crippen molar-refractivity contribution in [3.05, 3.63) is 71.6 Å². The van der Waals surface area contributed by atoms with Crippen LogP contribution in [0.15, 0.2) is 66.0 Å². The Morgan fingerprint density at radius 1 is 1.12 bits per heavy atom. The second-order valence-corrected chi connectivity index (χ2v) is 7.96. The van der Waals surface area contributed by atoms with Gasteiger partial charge >= 0.3 is 0 Å². The van der Waals surface area contributed by atoms with Crippen LogP contribution in [0.2, 0.25) is 0 Å². The number of rotatable bonds is 3. The third-order valence-electron chi connectivity index (χ3n) is 4.48. The van der Waals surface area contributed by atoms with Gasteiger partial charge in [0.15, 0.2) is 0 Å². The Kier molecular flexibility index (Phi) is 4.40. The highest BCUT2D eigenvalue weighted by atomic mass is 14.9. The highest BCUT2D eigenvalue weighted by molar-refractivity contribution is 5.84. The summed E-state index contributed by atoms with van der Waals surface area (Å²) in [5, 5.41) is 4.83. The van der Waals surface area contributed by atoms with Crippen molar-refractivity contribution in [2.75, 3.05) is 0 Å². The quantitative estimate of drug-likeness (QED) is 0.748. The fourth-order valence-corrected chi connectivity index (χ4v) is 3.08. The second-order valence-electron chi connectivity index (χ2n) is 7.96. The van der Waals surface area contributed by atoms with Gasteiger partial charge in [-0.3, -0.25) is 0 Å². The van der Waals surface area contributed by atoms with E-state index in [9.17, 15) is 0 Å². The van der Waals surface area contributed by atoms with Gasteiger partial charge in [0.2, 0.25) is 0 Å². The summed E-state index contributed by atoms with van der Waals surface area (Å²) in [6, 6.07) is 8.54. The molecule has 2 heteroatoms. The Hall–Kier alpha value is -2.22. The zero-order chi connectivity index (χ0) is 17.3. The first kappa shape index (κ1) is 16.6. The average Bonchev–Trinajstić information content (AvgIpc) is 2.96. The molecule has 1 aromatic heterocycles. The number of nitrogens with one attached hydrogen (secondary N) is 2. The Balaban J connectivity index is 2.06. The Bertz CT molecular complexity index is 810. The molecule has 1 aromatic carbocycles. The average molecular weight is 320 g/mol. The van der Waals surface area contributed by atoms with E-state index in [1.165, 1.54) is 27.6 Å². The van der Waals surface area contributed by atoms with E-state index in [0.717, 1.165) is 0 Å². The molecule has 126 valence electrons. The number of benzene rings is 1. The molecule has 0 aliphatic heterocycles. The number of fused-ring (bicyclic) bond motifs is 1. The van der Waals surface area contributed by atoms with E-state index in [4.69, 9.17) is 0 Å². The third-order valence-corrected chi connectivity index (χ3v) is 4.48. The molecule has 2 aromatic rings. The summed E-state index contributed by atoms with van der Waals surface area (Å²) >= 11 is 0. The lowest BCUT2D eigenvalue weighted by atomic mass is 9.83. The van der Waals surface area contributed by atoms with Gasteiger partial charge in [-0.2, -0.15) is 0 Å². The highest BCUT2D eigenvalue weighted by Gasteiger charge is 2.21. The maximum atomic E-state index is 3.52. The van der Waals surface area contributed by atoms with Gasteiger partial charge in [-0.05, 0) is 49.5 Å². The topological polar surface area (TPSA) is 27.8 Å². The molecule has 0 bridgehead atoms. The molecule has 2 nitrogen and oxygen atoms in total. The zero-order valence-electron chi connectivity index (χ0n) is 15.4. The molecule has 0 saturated heterocycles. The van der Waals surface area contributed by atoms with Crippen molar-refractivity contribution in [2.24, 2.45) is 5.92 Å². The lowest BCUT2D eigenvalue weighted by Gasteiger charge is -2.25. The van der Waals surface area contributed by atoms with Gasteiger partial charge in [0.25, 0.3) is 0 Å². The molecule has 1 aliphatic rings. The molecule has 3 rings (SSSR count). The minimum Gasteiger partial charge on any atom is -0.386 e. The molecule has 0 saturated carbocycles. The van der Waals surface area contributed by atoms with E-state index in [0.29, 0.717) is 5.92 Å². The lowest BCUT2D eigenvalue weighted by Crippen LogP contribution is -2.31. The van der Waals surface area contributed by atoms with Gasteiger partial charge in [-0.15, -0.1) is 0 Å². The van der Waals surface area contributed by atoms with Crippen molar-refractivity contribution in [3.63, 3.8) is 0 Å². The number of aromatic amines is 1. The van der Waals surface area contributed by atoms with E-state index < -0.39 is 0 Å². The van der Waals surface area contributed by atoms with Crippen LogP contribution in [0.5, 0.6) is 0 Å². The SMILES string of the molecule is CC(C)C1=CC(c2c[nH]c3ccccc23)/C(=C\NC(C)(C)C)C=C1. The van der Waals surface area contributed by atoms with Crippen LogP contribution in [0.4, 0.5) is 0 Å². The molecule has 1 unspecified atom stereocenters. The normalized spacial score (nSPS) is 20.0. The van der Waals surface area contributed by atoms with Gasteiger partial charge in [0.05, 0.1) is 0 Å². The number of para-hydroxylation sites is 1. The van der Waals surface area contributed by atoms with Crippen LogP contribution >= 0.6 is 0 Å². The van der Waals surface area contributed by atoms with Crippen molar-refractivity contribution in [2.45, 2.75) is 46.1 Å². The second kappa shape index (κ2) is 6.35. The first-order chi connectivity index (χ1) is 11.3. The Labute approximate surface area is 145 Å². The molecular weight excluding hydrogens is 292 g/mol. The molecule has 2 N–H and O–H groups in total. The van der Waals surface area contributed by atoms with Crippen molar-refractivity contribution < 1.29 is 0 Å². The van der Waals surface area contributed by atoms with Crippen LogP contribution in [0.25, 0.3) is 10.9 Å². The number of hydrogen-bond donors (Lipinski definition) is 2. The van der Waals surface area contributed by atoms with Crippen LogP contribution in [0, 0.1) is 5.92 Å². The van der Waals surface area contributed by atoms with Crippen LogP contribution in [-0.4, -0.2) is 10.5 Å². The van der Waals surface area contributed by atoms with Gasteiger partial charge < -0.3 is 10.3 Å². The summed E-state index contributed by atoms with van der Waals surface area (Å²) in [7, 11) is 0. The molecular formula is C22H28N2. The maximum absolute atomic E-state index is 3.52. The third kappa shape index (κ3) is 3.48. The predicted octanol–water partition coefficient (Wildman–Crippen LogP) is 5.68. The minimum atomic E-state index is 0.0631. The maximum Gasteiger partial charge on any atom is 0.0457 e. The smallest absolute Gasteiger partial charge is 0.0457 e. The van der Waals surface area contributed by atoms with Gasteiger partial charge in [0, 0.05) is 34.8 Å². The molecule has 0 amide bonds. The number of H-pyrrole nitrogens is 1. The van der Waals surface area contributed by atoms with Crippen LogP contribution in [-0.2, 0) is 0 Å². The standard InChI is InChI=1S/C22H28N2/c1-15(2)16-10-11-17(13-24-22(3,4)5)19(12-16)20-14-23-21-9-7-6-8-18(20)21/h6-15,19,23-24H,1-5H3/b17-13-. The fourth-order valence-electron chi connectivity index (χ4n) is 3.08. The molecule has 1 aliphatic carbocycles. The first-order valence-corrected chi connectivity index (χ1v) is 8.79. The van der Waals surface area contributed by atoms with Gasteiger partial charge in [-0.1, -0.05) is 50.3 Å². The minimum absolute atomic E-state index is 0.0631. The van der Waals surface area contributed by atoms with Gasteiger partial charge in [0.1, 0.15) is 0 Å². The Morgan fingerprint density at radius 2 is 1.88 bits per heavy atom. The predicted molar refractivity (Wildman–Crippen MR) is 104 cm³/mol. The lowest BCUT2D eigenvalue weighted by molar-refractivity contribution is 0.489. The number of allylic oxidation sites excluding steroid dienone is 5. The summed E-state index contributed by atoms with van der Waals surface area (Å²) in [4.78, 5) is 3.42. The Morgan fingerprint density at radius 3 is 2.58 bits per heavy atom. The van der Waals surface area contributed by atoms with E-state index in [2.05, 4.69) is 99.8 Å². The molecule has 1 heterocycles. The van der Waals surface area contributed by atoms with E-state index in [-0.39, 0.29) is 11.5 Å². The monoisotopic (exact) mass is 320 g/mol. The fraction of sp³-hybridized carbons (Fsp3) is 0.364. The van der Waals surface area contributed by atoms with Crippen LogP contribution in [0.1, 0.15) is 46.1 Å². The number of aromatic nitrogens is 1. The van der Waals surface area contributed by atoms with Gasteiger partial charge in [-0.25, -0.2) is 0 Å². The van der Waals surface area contributed by atoms with E-state index >= 15 is 0 Å². The molecule has 0 spiro atoms. The zero-order valence-corrected chi connectivity index (χ0v) is 15.4. The molecule has 24 heavy (non-hydrogen) atoms. The van der Waals surface area contributed by atoms with E-state index in [1.807, 2.05) is 0 Å². The van der Waals surface area contributed by atoms with Crippen molar-refractivity contribution in [1.29, 1.82) is 0 Å². The molecule has 0 radical (unpaired) electrons. The van der Waals surface area contributed by atoms with Crippen molar-refractivity contribution >= 4 is 10.9 Å².